The largest absolute Gasteiger partial charge is 0.462 e. The molecule has 0 saturated carbocycles. The van der Waals surface area contributed by atoms with Crippen LogP contribution in [0.25, 0.3) is 0 Å². The molecule has 4 rings (SSSR count). The molecule has 4 atom stereocenters. The van der Waals surface area contributed by atoms with E-state index < -0.39 is 29.5 Å². The highest BCUT2D eigenvalue weighted by molar-refractivity contribution is 14.1. The van der Waals surface area contributed by atoms with E-state index in [0.717, 1.165) is 3.57 Å². The predicted octanol–water partition coefficient (Wildman–Crippen LogP) is 1.67. The number of hydrogen-bond donors (Lipinski definition) is 0. The van der Waals surface area contributed by atoms with Gasteiger partial charge in [0.2, 0.25) is 11.8 Å². The number of amides is 2. The lowest BCUT2D eigenvalue weighted by Crippen LogP contribution is -2.44. The van der Waals surface area contributed by atoms with Gasteiger partial charge >= 0.3 is 5.97 Å². The Morgan fingerprint density at radius 1 is 1.33 bits per heavy atom. The summed E-state index contributed by atoms with van der Waals surface area (Å²) < 4.78 is 11.8. The van der Waals surface area contributed by atoms with Gasteiger partial charge < -0.3 is 9.47 Å². The Hall–Kier alpha value is -1.74. The molecule has 2 bridgehead atoms. The van der Waals surface area contributed by atoms with Gasteiger partial charge in [0.25, 0.3) is 0 Å². The zero-order valence-corrected chi connectivity index (χ0v) is 14.9. The molecule has 2 saturated heterocycles. The fraction of sp³-hybridized carbons (Fsp3) is 0.353. The Bertz CT molecular complexity index is 791. The maximum atomic E-state index is 13.0. The minimum atomic E-state index is -1.04. The molecule has 7 heteroatoms. The molecule has 24 heavy (non-hydrogen) atoms. The molecule has 0 unspecified atom stereocenters. The van der Waals surface area contributed by atoms with Crippen molar-refractivity contribution in [3.63, 3.8) is 0 Å². The second-order valence-corrected chi connectivity index (χ2v) is 7.31. The smallest absolute Gasteiger partial charge is 0.302 e. The van der Waals surface area contributed by atoms with Crippen molar-refractivity contribution in [2.75, 3.05) is 11.5 Å². The van der Waals surface area contributed by atoms with E-state index in [2.05, 4.69) is 22.6 Å². The van der Waals surface area contributed by atoms with Gasteiger partial charge in [0.1, 0.15) is 12.2 Å². The summed E-state index contributed by atoms with van der Waals surface area (Å²) in [6.07, 6.45) is 3.09. The summed E-state index contributed by atoms with van der Waals surface area (Å²) in [7, 11) is 0. The summed E-state index contributed by atoms with van der Waals surface area (Å²) in [5, 5.41) is 0. The van der Waals surface area contributed by atoms with Crippen LogP contribution in [-0.4, -0.2) is 36.1 Å². The van der Waals surface area contributed by atoms with E-state index in [-0.39, 0.29) is 18.4 Å². The van der Waals surface area contributed by atoms with Gasteiger partial charge in [-0.1, -0.05) is 18.2 Å². The molecule has 3 aliphatic heterocycles. The molecule has 3 heterocycles. The number of esters is 1. The molecule has 1 aromatic carbocycles. The molecule has 0 spiro atoms. The van der Waals surface area contributed by atoms with Crippen LogP contribution in [0.2, 0.25) is 0 Å². The predicted molar refractivity (Wildman–Crippen MR) is 92.0 cm³/mol. The topological polar surface area (TPSA) is 72.9 Å². The second kappa shape index (κ2) is 5.38. The standard InChI is InChI=1S/C17H14INO5/c1-9(20)23-8-17-7-6-12(24-17)13-14(17)16(22)19(15(13)21)11-5-3-2-4-10(11)18/h2-7,12-14H,8H2,1H3/t12-,13+,14+,17-/m1/s1. The van der Waals surface area contributed by atoms with E-state index in [0.29, 0.717) is 5.69 Å². The van der Waals surface area contributed by atoms with Crippen molar-refractivity contribution in [1.82, 2.24) is 0 Å². The summed E-state index contributed by atoms with van der Waals surface area (Å²) in [5.74, 6) is -2.22. The molecule has 0 aromatic heterocycles. The molecular weight excluding hydrogens is 425 g/mol. The lowest BCUT2D eigenvalue weighted by atomic mass is 9.77. The van der Waals surface area contributed by atoms with Gasteiger partial charge in [0.05, 0.1) is 23.6 Å². The average Bonchev–Trinajstić information content (AvgIpc) is 3.18. The Balaban J connectivity index is 1.72. The monoisotopic (exact) mass is 439 g/mol. The molecular formula is C17H14INO5. The van der Waals surface area contributed by atoms with E-state index >= 15 is 0 Å². The van der Waals surface area contributed by atoms with Crippen molar-refractivity contribution in [2.45, 2.75) is 18.6 Å². The maximum Gasteiger partial charge on any atom is 0.302 e. The Labute approximate surface area is 151 Å². The molecule has 6 nitrogen and oxygen atoms in total. The van der Waals surface area contributed by atoms with Gasteiger partial charge in [-0.2, -0.15) is 0 Å². The van der Waals surface area contributed by atoms with Crippen LogP contribution in [0.5, 0.6) is 0 Å². The third-order valence-corrected chi connectivity index (χ3v) is 5.66. The molecule has 0 N–H and O–H groups in total. The van der Waals surface area contributed by atoms with Crippen LogP contribution in [0.15, 0.2) is 36.4 Å². The summed E-state index contributed by atoms with van der Waals surface area (Å²) >= 11 is 2.11. The van der Waals surface area contributed by atoms with Crippen molar-refractivity contribution in [3.05, 3.63) is 40.0 Å². The number of ether oxygens (including phenoxy) is 2. The van der Waals surface area contributed by atoms with Crippen molar-refractivity contribution in [2.24, 2.45) is 11.8 Å². The number of fused-ring (bicyclic) bond motifs is 5. The first-order valence-corrected chi connectivity index (χ1v) is 8.65. The summed E-state index contributed by atoms with van der Waals surface area (Å²) in [6.45, 7) is 1.24. The van der Waals surface area contributed by atoms with Crippen molar-refractivity contribution >= 4 is 46.1 Å². The quantitative estimate of drug-likeness (QED) is 0.310. The summed E-state index contributed by atoms with van der Waals surface area (Å²) in [5.41, 5.74) is -0.451. The van der Waals surface area contributed by atoms with Gasteiger partial charge in [-0.3, -0.25) is 14.4 Å². The average molecular weight is 439 g/mol. The number of carbonyl (C=O) groups excluding carboxylic acids is 3. The number of carbonyl (C=O) groups is 3. The molecule has 2 fully saturated rings. The fourth-order valence-electron chi connectivity index (χ4n) is 3.75. The van der Waals surface area contributed by atoms with Gasteiger partial charge in [-0.05, 0) is 40.8 Å². The van der Waals surface area contributed by atoms with E-state index in [1.165, 1.54) is 11.8 Å². The van der Waals surface area contributed by atoms with Gasteiger partial charge in [0, 0.05) is 10.5 Å². The number of rotatable bonds is 3. The number of benzene rings is 1. The Morgan fingerprint density at radius 3 is 2.79 bits per heavy atom. The van der Waals surface area contributed by atoms with Crippen molar-refractivity contribution < 1.29 is 23.9 Å². The van der Waals surface area contributed by atoms with Crippen LogP contribution >= 0.6 is 22.6 Å². The highest BCUT2D eigenvalue weighted by Gasteiger charge is 2.68. The minimum absolute atomic E-state index is 0.0603. The van der Waals surface area contributed by atoms with Gasteiger partial charge in [-0.15, -0.1) is 0 Å². The number of hydrogen-bond acceptors (Lipinski definition) is 5. The zero-order valence-electron chi connectivity index (χ0n) is 12.8. The first-order valence-electron chi connectivity index (χ1n) is 7.57. The molecule has 0 radical (unpaired) electrons. The lowest BCUT2D eigenvalue weighted by Gasteiger charge is -2.28. The van der Waals surface area contributed by atoms with E-state index in [9.17, 15) is 14.4 Å². The van der Waals surface area contributed by atoms with E-state index in [1.54, 1.807) is 24.3 Å². The van der Waals surface area contributed by atoms with Crippen molar-refractivity contribution in [3.8, 4) is 0 Å². The number of nitrogens with zero attached hydrogens (tertiary/aromatic N) is 1. The maximum absolute atomic E-state index is 13.0. The zero-order chi connectivity index (χ0) is 17.1. The first-order chi connectivity index (χ1) is 11.4. The fourth-order valence-corrected chi connectivity index (χ4v) is 4.38. The van der Waals surface area contributed by atoms with Crippen LogP contribution in [0.1, 0.15) is 6.92 Å². The van der Waals surface area contributed by atoms with E-state index in [1.807, 2.05) is 12.1 Å². The van der Waals surface area contributed by atoms with Crippen molar-refractivity contribution in [1.29, 1.82) is 0 Å². The normalized spacial score (nSPS) is 33.2. The van der Waals surface area contributed by atoms with Gasteiger partial charge in [0.15, 0.2) is 0 Å². The molecule has 3 aliphatic rings. The molecule has 0 aliphatic carbocycles. The number of anilines is 1. The second-order valence-electron chi connectivity index (χ2n) is 6.14. The van der Waals surface area contributed by atoms with Crippen LogP contribution < -0.4 is 4.90 Å². The SMILES string of the molecule is CC(=O)OC[C@@]12C=C[C@@H](O1)[C@@H]1C(=O)N(c3ccccc3I)C(=O)[C@H]12. The third kappa shape index (κ3) is 2.07. The summed E-state index contributed by atoms with van der Waals surface area (Å²) in [4.78, 5) is 38.4. The number of imide groups is 1. The molecule has 2 amide bonds. The lowest BCUT2D eigenvalue weighted by molar-refractivity contribution is -0.150. The molecule has 124 valence electrons. The Kier molecular flexibility index (Phi) is 3.54. The Morgan fingerprint density at radius 2 is 2.08 bits per heavy atom. The molecule has 1 aromatic rings. The van der Waals surface area contributed by atoms with Crippen LogP contribution in [0, 0.1) is 15.4 Å². The number of halogens is 1. The third-order valence-electron chi connectivity index (χ3n) is 4.75. The van der Waals surface area contributed by atoms with Gasteiger partial charge in [-0.25, -0.2) is 4.90 Å². The van der Waals surface area contributed by atoms with Crippen LogP contribution in [0.4, 0.5) is 5.69 Å². The van der Waals surface area contributed by atoms with Crippen LogP contribution in [0.3, 0.4) is 0 Å². The highest BCUT2D eigenvalue weighted by Crippen LogP contribution is 2.52. The summed E-state index contributed by atoms with van der Waals surface area (Å²) in [6, 6.07) is 7.26. The minimum Gasteiger partial charge on any atom is -0.462 e. The van der Waals surface area contributed by atoms with E-state index in [4.69, 9.17) is 9.47 Å². The highest BCUT2D eigenvalue weighted by atomic mass is 127. The van der Waals surface area contributed by atoms with Crippen LogP contribution in [-0.2, 0) is 23.9 Å². The number of para-hydroxylation sites is 1. The first kappa shape index (κ1) is 15.8.